The van der Waals surface area contributed by atoms with E-state index in [9.17, 15) is 22.0 Å². The highest BCUT2D eigenvalue weighted by Crippen LogP contribution is 2.30. The molecule has 0 unspecified atom stereocenters. The van der Waals surface area contributed by atoms with Crippen LogP contribution in [0.15, 0.2) is 6.07 Å². The van der Waals surface area contributed by atoms with Gasteiger partial charge >= 0.3 is 6.36 Å². The van der Waals surface area contributed by atoms with Crippen molar-refractivity contribution in [3.8, 4) is 5.88 Å². The fourth-order valence-electron chi connectivity index (χ4n) is 1.27. The van der Waals surface area contributed by atoms with Crippen molar-refractivity contribution in [2.75, 3.05) is 0 Å². The van der Waals surface area contributed by atoms with E-state index in [4.69, 9.17) is 16.7 Å². The van der Waals surface area contributed by atoms with Crippen LogP contribution in [0.5, 0.6) is 5.88 Å². The van der Waals surface area contributed by atoms with Crippen LogP contribution in [0, 0.1) is 0 Å². The first-order valence-electron chi connectivity index (χ1n) is 4.52. The standard InChI is InChI=1S/C9H7ClF5NO2/c10-2-5-4(3-17)1-6(18-9(13,14)15)16-7(5)8(11)12/h1,8,17H,2-3H2. The van der Waals surface area contributed by atoms with Crippen molar-refractivity contribution in [3.05, 3.63) is 22.9 Å². The summed E-state index contributed by atoms with van der Waals surface area (Å²) in [5.74, 6) is -1.47. The predicted octanol–water partition coefficient (Wildman–Crippen LogP) is 3.15. The third-order valence-electron chi connectivity index (χ3n) is 1.96. The quantitative estimate of drug-likeness (QED) is 0.684. The highest BCUT2D eigenvalue weighted by Gasteiger charge is 2.33. The normalized spacial score (nSPS) is 12.0. The summed E-state index contributed by atoms with van der Waals surface area (Å²) in [5.41, 5.74) is -1.32. The van der Waals surface area contributed by atoms with Gasteiger partial charge in [0.05, 0.1) is 6.61 Å². The molecule has 0 spiro atoms. The maximum absolute atomic E-state index is 12.6. The molecule has 0 bridgehead atoms. The van der Waals surface area contributed by atoms with E-state index in [1.54, 1.807) is 0 Å². The molecule has 0 aliphatic heterocycles. The lowest BCUT2D eigenvalue weighted by Crippen LogP contribution is -2.19. The van der Waals surface area contributed by atoms with Crippen LogP contribution in [-0.4, -0.2) is 16.5 Å². The summed E-state index contributed by atoms with van der Waals surface area (Å²) in [4.78, 5) is 3.05. The van der Waals surface area contributed by atoms with Gasteiger partial charge < -0.3 is 9.84 Å². The van der Waals surface area contributed by atoms with Crippen LogP contribution < -0.4 is 4.74 Å². The third-order valence-corrected chi connectivity index (χ3v) is 2.22. The van der Waals surface area contributed by atoms with Crippen molar-refractivity contribution in [3.63, 3.8) is 0 Å². The molecule has 0 aliphatic rings. The van der Waals surface area contributed by atoms with Crippen LogP contribution in [0.4, 0.5) is 22.0 Å². The summed E-state index contributed by atoms with van der Waals surface area (Å²) in [5, 5.41) is 8.91. The van der Waals surface area contributed by atoms with Crippen molar-refractivity contribution < 1.29 is 31.8 Å². The molecule has 102 valence electrons. The number of pyridine rings is 1. The van der Waals surface area contributed by atoms with Crippen molar-refractivity contribution in [1.82, 2.24) is 4.98 Å². The van der Waals surface area contributed by atoms with Crippen LogP contribution in [0.3, 0.4) is 0 Å². The Bertz CT molecular complexity index is 424. The van der Waals surface area contributed by atoms with E-state index in [2.05, 4.69) is 9.72 Å². The Morgan fingerprint density at radius 2 is 2.00 bits per heavy atom. The molecule has 9 heteroatoms. The molecular weight excluding hydrogens is 285 g/mol. The number of alkyl halides is 6. The van der Waals surface area contributed by atoms with Crippen molar-refractivity contribution >= 4 is 11.6 Å². The van der Waals surface area contributed by atoms with E-state index in [-0.39, 0.29) is 11.1 Å². The molecule has 0 aromatic carbocycles. The molecule has 0 saturated heterocycles. The van der Waals surface area contributed by atoms with E-state index < -0.39 is 36.8 Å². The van der Waals surface area contributed by atoms with Crippen molar-refractivity contribution in [2.45, 2.75) is 25.3 Å². The number of hydrogen-bond acceptors (Lipinski definition) is 3. The summed E-state index contributed by atoms with van der Waals surface area (Å²) < 4.78 is 64.5. The van der Waals surface area contributed by atoms with Gasteiger partial charge in [-0.2, -0.15) is 0 Å². The fraction of sp³-hybridized carbons (Fsp3) is 0.444. The Balaban J connectivity index is 3.27. The summed E-state index contributed by atoms with van der Waals surface area (Å²) >= 11 is 5.40. The largest absolute Gasteiger partial charge is 0.574 e. The molecular formula is C9H7ClF5NO2. The number of aromatic nitrogens is 1. The molecule has 0 aliphatic carbocycles. The number of aliphatic hydroxyl groups is 1. The fourth-order valence-corrected chi connectivity index (χ4v) is 1.57. The Labute approximate surface area is 103 Å². The summed E-state index contributed by atoms with van der Waals surface area (Å²) in [6.45, 7) is -0.751. The molecule has 1 aromatic heterocycles. The number of nitrogens with zero attached hydrogens (tertiary/aromatic N) is 1. The average Bonchev–Trinajstić information content (AvgIpc) is 2.25. The van der Waals surface area contributed by atoms with Crippen molar-refractivity contribution in [1.29, 1.82) is 0 Å². The topological polar surface area (TPSA) is 42.4 Å². The first kappa shape index (κ1) is 14.9. The van der Waals surface area contributed by atoms with Crippen LogP contribution in [0.1, 0.15) is 23.2 Å². The maximum Gasteiger partial charge on any atom is 0.574 e. The van der Waals surface area contributed by atoms with Crippen LogP contribution in [0.25, 0.3) is 0 Å². The van der Waals surface area contributed by atoms with E-state index in [1.807, 2.05) is 0 Å². The monoisotopic (exact) mass is 291 g/mol. The minimum absolute atomic E-state index is 0.186. The zero-order valence-electron chi connectivity index (χ0n) is 8.64. The Morgan fingerprint density at radius 1 is 1.39 bits per heavy atom. The van der Waals surface area contributed by atoms with E-state index >= 15 is 0 Å². The highest BCUT2D eigenvalue weighted by molar-refractivity contribution is 6.17. The van der Waals surface area contributed by atoms with Gasteiger partial charge in [-0.25, -0.2) is 13.8 Å². The maximum atomic E-state index is 12.6. The smallest absolute Gasteiger partial charge is 0.392 e. The van der Waals surface area contributed by atoms with Crippen LogP contribution in [-0.2, 0) is 12.5 Å². The van der Waals surface area contributed by atoms with Gasteiger partial charge in [0, 0.05) is 17.5 Å². The van der Waals surface area contributed by atoms with Crippen molar-refractivity contribution in [2.24, 2.45) is 0 Å². The van der Waals surface area contributed by atoms with E-state index in [1.165, 1.54) is 0 Å². The lowest BCUT2D eigenvalue weighted by atomic mass is 10.1. The minimum Gasteiger partial charge on any atom is -0.392 e. The second-order valence-electron chi connectivity index (χ2n) is 3.12. The van der Waals surface area contributed by atoms with Crippen LogP contribution >= 0.6 is 11.6 Å². The lowest BCUT2D eigenvalue weighted by molar-refractivity contribution is -0.276. The lowest BCUT2D eigenvalue weighted by Gasteiger charge is -2.14. The molecule has 1 aromatic rings. The summed E-state index contributed by atoms with van der Waals surface area (Å²) in [6.07, 6.45) is -8.18. The molecule has 0 radical (unpaired) electrons. The van der Waals surface area contributed by atoms with Gasteiger partial charge in [0.1, 0.15) is 5.69 Å². The molecule has 1 heterocycles. The molecule has 0 amide bonds. The number of hydrogen-bond donors (Lipinski definition) is 1. The third kappa shape index (κ3) is 3.67. The first-order chi connectivity index (χ1) is 8.28. The average molecular weight is 292 g/mol. The summed E-state index contributed by atoms with van der Waals surface area (Å²) in [6, 6.07) is 0.719. The highest BCUT2D eigenvalue weighted by atomic mass is 35.5. The van der Waals surface area contributed by atoms with Gasteiger partial charge in [0.25, 0.3) is 6.43 Å². The predicted molar refractivity (Wildman–Crippen MR) is 51.4 cm³/mol. The molecule has 18 heavy (non-hydrogen) atoms. The number of aliphatic hydroxyl groups excluding tert-OH is 1. The second-order valence-corrected chi connectivity index (χ2v) is 3.39. The Hall–Kier alpha value is -1.15. The molecule has 0 atom stereocenters. The van der Waals surface area contributed by atoms with E-state index in [0.29, 0.717) is 0 Å². The first-order valence-corrected chi connectivity index (χ1v) is 5.05. The molecule has 0 saturated carbocycles. The van der Waals surface area contributed by atoms with Gasteiger partial charge in [0.15, 0.2) is 0 Å². The van der Waals surface area contributed by atoms with Gasteiger partial charge in [-0.15, -0.1) is 24.8 Å². The van der Waals surface area contributed by atoms with Gasteiger partial charge in [0.2, 0.25) is 5.88 Å². The molecule has 0 fully saturated rings. The Kier molecular flexibility index (Phi) is 4.69. The zero-order chi connectivity index (χ0) is 13.9. The van der Waals surface area contributed by atoms with E-state index in [0.717, 1.165) is 6.07 Å². The zero-order valence-corrected chi connectivity index (χ0v) is 9.40. The Morgan fingerprint density at radius 3 is 2.39 bits per heavy atom. The SMILES string of the molecule is OCc1cc(OC(F)(F)F)nc(C(F)F)c1CCl. The van der Waals surface area contributed by atoms with Gasteiger partial charge in [-0.05, 0) is 5.56 Å². The number of rotatable bonds is 4. The van der Waals surface area contributed by atoms with Gasteiger partial charge in [-0.3, -0.25) is 0 Å². The summed E-state index contributed by atoms with van der Waals surface area (Å²) in [7, 11) is 0. The van der Waals surface area contributed by atoms with Crippen LogP contribution in [0.2, 0.25) is 0 Å². The number of halogens is 6. The molecule has 1 rings (SSSR count). The van der Waals surface area contributed by atoms with Gasteiger partial charge in [-0.1, -0.05) is 0 Å². The second kappa shape index (κ2) is 5.66. The number of ether oxygens (including phenoxy) is 1. The molecule has 3 nitrogen and oxygen atoms in total. The minimum atomic E-state index is -5.05. The molecule has 1 N–H and O–H groups in total.